The van der Waals surface area contributed by atoms with Gasteiger partial charge in [-0.1, -0.05) is 42.0 Å². The molecule has 0 aromatic heterocycles. The van der Waals surface area contributed by atoms with E-state index in [0.29, 0.717) is 11.4 Å². The molecule has 0 bridgehead atoms. The van der Waals surface area contributed by atoms with Crippen LogP contribution in [-0.2, 0) is 16.6 Å². The maximum absolute atomic E-state index is 12.3. The first kappa shape index (κ1) is 14.8. The van der Waals surface area contributed by atoms with Crippen LogP contribution in [0.3, 0.4) is 0 Å². The summed E-state index contributed by atoms with van der Waals surface area (Å²) in [5, 5.41) is 0. The molecular formula is C16H19NO2S. The Morgan fingerprint density at radius 2 is 1.65 bits per heavy atom. The van der Waals surface area contributed by atoms with Gasteiger partial charge in [0.05, 0.1) is 4.90 Å². The Morgan fingerprint density at radius 3 is 2.30 bits per heavy atom. The molecule has 20 heavy (non-hydrogen) atoms. The van der Waals surface area contributed by atoms with Crippen molar-refractivity contribution in [2.45, 2.75) is 32.2 Å². The fourth-order valence-electron chi connectivity index (χ4n) is 2.16. The molecule has 3 nitrogen and oxygen atoms in total. The molecule has 0 radical (unpaired) electrons. The van der Waals surface area contributed by atoms with Crippen molar-refractivity contribution in [1.29, 1.82) is 0 Å². The largest absolute Gasteiger partial charge is 0.241 e. The van der Waals surface area contributed by atoms with Gasteiger partial charge in [0.15, 0.2) is 0 Å². The second-order valence-electron chi connectivity index (χ2n) is 5.02. The highest BCUT2D eigenvalue weighted by Gasteiger charge is 2.16. The van der Waals surface area contributed by atoms with Gasteiger partial charge >= 0.3 is 0 Å². The molecule has 2 aromatic rings. The SMILES string of the molecule is Cc1ccc(S(=O)(=O)NCc2ccccc2C)c(C)c1. The van der Waals surface area contributed by atoms with Crippen molar-refractivity contribution in [3.05, 3.63) is 64.7 Å². The van der Waals surface area contributed by atoms with E-state index in [1.807, 2.05) is 57.2 Å². The van der Waals surface area contributed by atoms with Gasteiger partial charge in [0.2, 0.25) is 10.0 Å². The van der Waals surface area contributed by atoms with E-state index in [1.54, 1.807) is 6.07 Å². The van der Waals surface area contributed by atoms with Gasteiger partial charge in [-0.05, 0) is 43.5 Å². The number of nitrogens with one attached hydrogen (secondary N) is 1. The third kappa shape index (κ3) is 3.26. The Hall–Kier alpha value is -1.65. The molecule has 0 saturated heterocycles. The van der Waals surface area contributed by atoms with Gasteiger partial charge in [-0.2, -0.15) is 0 Å². The summed E-state index contributed by atoms with van der Waals surface area (Å²) >= 11 is 0. The quantitative estimate of drug-likeness (QED) is 0.940. The van der Waals surface area contributed by atoms with Crippen LogP contribution in [0.2, 0.25) is 0 Å². The highest BCUT2D eigenvalue weighted by Crippen LogP contribution is 2.17. The highest BCUT2D eigenvalue weighted by atomic mass is 32.2. The molecular weight excluding hydrogens is 270 g/mol. The van der Waals surface area contributed by atoms with Crippen LogP contribution in [0, 0.1) is 20.8 Å². The minimum atomic E-state index is -3.47. The first-order valence-electron chi connectivity index (χ1n) is 6.51. The zero-order chi connectivity index (χ0) is 14.8. The third-order valence-corrected chi connectivity index (χ3v) is 4.90. The predicted molar refractivity (Wildman–Crippen MR) is 81.1 cm³/mol. The van der Waals surface area contributed by atoms with Gasteiger partial charge in [-0.15, -0.1) is 0 Å². The van der Waals surface area contributed by atoms with Crippen molar-refractivity contribution in [2.75, 3.05) is 0 Å². The molecule has 0 amide bonds. The topological polar surface area (TPSA) is 46.2 Å². The standard InChI is InChI=1S/C16H19NO2S/c1-12-8-9-16(14(3)10-12)20(18,19)17-11-15-7-5-4-6-13(15)2/h4-10,17H,11H2,1-3H3. The molecule has 0 aliphatic rings. The second-order valence-corrected chi connectivity index (χ2v) is 6.76. The second kappa shape index (κ2) is 5.77. The number of hydrogen-bond donors (Lipinski definition) is 1. The van der Waals surface area contributed by atoms with Crippen molar-refractivity contribution >= 4 is 10.0 Å². The van der Waals surface area contributed by atoms with Crippen molar-refractivity contribution in [2.24, 2.45) is 0 Å². The van der Waals surface area contributed by atoms with Crippen molar-refractivity contribution < 1.29 is 8.42 Å². The van der Waals surface area contributed by atoms with Crippen LogP contribution in [0.25, 0.3) is 0 Å². The molecule has 106 valence electrons. The van der Waals surface area contributed by atoms with E-state index in [1.165, 1.54) is 0 Å². The van der Waals surface area contributed by atoms with E-state index in [0.717, 1.165) is 22.3 Å². The average molecular weight is 289 g/mol. The van der Waals surface area contributed by atoms with E-state index < -0.39 is 10.0 Å². The summed E-state index contributed by atoms with van der Waals surface area (Å²) in [6, 6.07) is 13.1. The van der Waals surface area contributed by atoms with E-state index in [9.17, 15) is 8.42 Å². The summed E-state index contributed by atoms with van der Waals surface area (Å²) in [7, 11) is -3.47. The van der Waals surface area contributed by atoms with Gasteiger partial charge in [0.1, 0.15) is 0 Å². The number of benzene rings is 2. The smallest absolute Gasteiger partial charge is 0.207 e. The van der Waals surface area contributed by atoms with Gasteiger partial charge in [-0.25, -0.2) is 13.1 Å². The van der Waals surface area contributed by atoms with Crippen LogP contribution in [-0.4, -0.2) is 8.42 Å². The molecule has 0 spiro atoms. The Morgan fingerprint density at radius 1 is 0.950 bits per heavy atom. The minimum Gasteiger partial charge on any atom is -0.207 e. The maximum atomic E-state index is 12.3. The lowest BCUT2D eigenvalue weighted by atomic mass is 10.1. The van der Waals surface area contributed by atoms with Gasteiger partial charge in [0, 0.05) is 6.54 Å². The average Bonchev–Trinajstić information content (AvgIpc) is 2.37. The molecule has 1 N–H and O–H groups in total. The molecule has 0 atom stereocenters. The maximum Gasteiger partial charge on any atom is 0.241 e. The summed E-state index contributed by atoms with van der Waals surface area (Å²) < 4.78 is 27.3. The van der Waals surface area contributed by atoms with Crippen LogP contribution in [0.15, 0.2) is 47.4 Å². The van der Waals surface area contributed by atoms with E-state index in [4.69, 9.17) is 0 Å². The summed E-state index contributed by atoms with van der Waals surface area (Å²) in [6.45, 7) is 6.04. The van der Waals surface area contributed by atoms with Gasteiger partial charge < -0.3 is 0 Å². The predicted octanol–water partition coefficient (Wildman–Crippen LogP) is 3.09. The lowest BCUT2D eigenvalue weighted by Crippen LogP contribution is -2.24. The molecule has 0 heterocycles. The number of sulfonamides is 1. The van der Waals surface area contributed by atoms with Crippen molar-refractivity contribution in [3.8, 4) is 0 Å². The van der Waals surface area contributed by atoms with Gasteiger partial charge in [0.25, 0.3) is 0 Å². The Kier molecular flexibility index (Phi) is 4.26. The minimum absolute atomic E-state index is 0.308. The lowest BCUT2D eigenvalue weighted by molar-refractivity contribution is 0.580. The van der Waals surface area contributed by atoms with E-state index in [2.05, 4.69) is 4.72 Å². The lowest BCUT2D eigenvalue weighted by Gasteiger charge is -2.11. The molecule has 2 rings (SSSR count). The highest BCUT2D eigenvalue weighted by molar-refractivity contribution is 7.89. The van der Waals surface area contributed by atoms with E-state index in [-0.39, 0.29) is 0 Å². The first-order chi connectivity index (χ1) is 9.40. The summed E-state index contributed by atoms with van der Waals surface area (Å²) in [5.41, 5.74) is 3.89. The Balaban J connectivity index is 2.22. The Bertz CT molecular complexity index is 721. The Labute approximate surface area is 120 Å². The summed E-state index contributed by atoms with van der Waals surface area (Å²) in [5.74, 6) is 0. The van der Waals surface area contributed by atoms with E-state index >= 15 is 0 Å². The van der Waals surface area contributed by atoms with Crippen molar-refractivity contribution in [1.82, 2.24) is 4.72 Å². The molecule has 0 aliphatic carbocycles. The molecule has 0 aliphatic heterocycles. The fraction of sp³-hybridized carbons (Fsp3) is 0.250. The van der Waals surface area contributed by atoms with Crippen LogP contribution in [0.4, 0.5) is 0 Å². The van der Waals surface area contributed by atoms with Crippen LogP contribution in [0.1, 0.15) is 22.3 Å². The normalized spacial score (nSPS) is 11.6. The third-order valence-electron chi connectivity index (χ3n) is 3.33. The van der Waals surface area contributed by atoms with Crippen molar-refractivity contribution in [3.63, 3.8) is 0 Å². The molecule has 0 unspecified atom stereocenters. The number of hydrogen-bond acceptors (Lipinski definition) is 2. The molecule has 2 aromatic carbocycles. The van der Waals surface area contributed by atoms with Gasteiger partial charge in [-0.3, -0.25) is 0 Å². The van der Waals surface area contributed by atoms with Crippen LogP contribution < -0.4 is 4.72 Å². The van der Waals surface area contributed by atoms with Crippen LogP contribution >= 0.6 is 0 Å². The molecule has 0 saturated carbocycles. The zero-order valence-electron chi connectivity index (χ0n) is 12.0. The fourth-order valence-corrected chi connectivity index (χ4v) is 3.39. The molecule has 0 fully saturated rings. The molecule has 4 heteroatoms. The monoisotopic (exact) mass is 289 g/mol. The summed E-state index contributed by atoms with van der Waals surface area (Å²) in [6.07, 6.45) is 0. The number of aryl methyl sites for hydroxylation is 3. The van der Waals surface area contributed by atoms with Crippen LogP contribution in [0.5, 0.6) is 0 Å². The first-order valence-corrected chi connectivity index (χ1v) is 8.00. The number of rotatable bonds is 4. The summed E-state index contributed by atoms with van der Waals surface area (Å²) in [4.78, 5) is 0.344. The zero-order valence-corrected chi connectivity index (χ0v) is 12.8.